The highest BCUT2D eigenvalue weighted by atomic mass is 32.2. The number of thioether (sulfide) groups is 1. The van der Waals surface area contributed by atoms with E-state index in [9.17, 15) is 14.4 Å². The summed E-state index contributed by atoms with van der Waals surface area (Å²) in [5, 5.41) is 13.3. The van der Waals surface area contributed by atoms with Crippen molar-refractivity contribution in [1.82, 2.24) is 0 Å². The summed E-state index contributed by atoms with van der Waals surface area (Å²) in [5.74, 6) is -1.20. The summed E-state index contributed by atoms with van der Waals surface area (Å²) in [7, 11) is 0. The van der Waals surface area contributed by atoms with Gasteiger partial charge in [0, 0.05) is 22.6 Å². The molecule has 0 unspecified atom stereocenters. The number of carbonyl (C=O) groups is 3. The minimum absolute atomic E-state index is 0.0296. The lowest BCUT2D eigenvalue weighted by molar-refractivity contribution is -0.147. The highest BCUT2D eigenvalue weighted by Gasteiger charge is 2.14. The van der Waals surface area contributed by atoms with Crippen LogP contribution in [0.25, 0.3) is 0 Å². The number of hydrogen-bond acceptors (Lipinski definition) is 6. The minimum atomic E-state index is -0.601. The smallest absolute Gasteiger partial charge is 0.306 e. The van der Waals surface area contributed by atoms with Crippen molar-refractivity contribution >= 4 is 35.1 Å². The van der Waals surface area contributed by atoms with Gasteiger partial charge in [-0.1, -0.05) is 17.7 Å². The molecule has 1 N–H and O–H groups in total. The minimum Gasteiger partial charge on any atom is -0.456 e. The van der Waals surface area contributed by atoms with Crippen molar-refractivity contribution in [3.05, 3.63) is 58.7 Å². The molecule has 0 atom stereocenters. The zero-order valence-corrected chi connectivity index (χ0v) is 17.4. The summed E-state index contributed by atoms with van der Waals surface area (Å²) in [6, 6.07) is 10.8. The van der Waals surface area contributed by atoms with E-state index in [-0.39, 0.29) is 18.6 Å². The third-order valence-electron chi connectivity index (χ3n) is 4.25. The standard InChI is InChI=1S/C22H22N2O4S/c1-14-4-5-15(2)18(10-14)20(25)8-9-22(27)28-12-21(26)24-19-7-6-17(29-13-23)11-16(19)3/h4-7,10-11H,8-9,12H2,1-3H3,(H,24,26). The van der Waals surface area contributed by atoms with E-state index in [0.29, 0.717) is 11.3 Å². The average Bonchev–Trinajstić information content (AvgIpc) is 2.68. The van der Waals surface area contributed by atoms with Crippen LogP contribution in [0.3, 0.4) is 0 Å². The van der Waals surface area contributed by atoms with Gasteiger partial charge in [0.2, 0.25) is 0 Å². The molecular weight excluding hydrogens is 388 g/mol. The van der Waals surface area contributed by atoms with Gasteiger partial charge in [0.1, 0.15) is 5.40 Å². The lowest BCUT2D eigenvalue weighted by Crippen LogP contribution is -2.21. The summed E-state index contributed by atoms with van der Waals surface area (Å²) in [6.07, 6.45) is -0.0551. The number of ketones is 1. The summed E-state index contributed by atoms with van der Waals surface area (Å²) < 4.78 is 4.97. The van der Waals surface area contributed by atoms with Gasteiger partial charge in [-0.3, -0.25) is 14.4 Å². The van der Waals surface area contributed by atoms with E-state index < -0.39 is 18.5 Å². The van der Waals surface area contributed by atoms with Crippen LogP contribution in [-0.4, -0.2) is 24.3 Å². The van der Waals surface area contributed by atoms with Crippen molar-refractivity contribution in [2.45, 2.75) is 38.5 Å². The van der Waals surface area contributed by atoms with Gasteiger partial charge in [-0.25, -0.2) is 0 Å². The number of rotatable bonds is 8. The fourth-order valence-corrected chi connectivity index (χ4v) is 3.16. The molecule has 0 spiro atoms. The van der Waals surface area contributed by atoms with E-state index >= 15 is 0 Å². The molecule has 1 amide bonds. The average molecular weight is 410 g/mol. The zero-order chi connectivity index (χ0) is 21.4. The summed E-state index contributed by atoms with van der Waals surface area (Å²) in [4.78, 5) is 37.0. The number of amides is 1. The number of ether oxygens (including phenoxy) is 1. The number of Topliss-reactive ketones (excluding diaryl/α,β-unsaturated/α-hetero) is 1. The predicted molar refractivity (Wildman–Crippen MR) is 112 cm³/mol. The van der Waals surface area contributed by atoms with Gasteiger partial charge in [0.25, 0.3) is 5.91 Å². The molecule has 7 heteroatoms. The number of nitrogens with zero attached hydrogens (tertiary/aromatic N) is 1. The molecule has 0 radical (unpaired) electrons. The number of thiocyanates is 1. The monoisotopic (exact) mass is 410 g/mol. The lowest BCUT2D eigenvalue weighted by atomic mass is 9.99. The Morgan fingerprint density at radius 2 is 1.79 bits per heavy atom. The van der Waals surface area contributed by atoms with E-state index in [4.69, 9.17) is 10.00 Å². The second-order valence-corrected chi connectivity index (χ2v) is 7.48. The molecule has 0 fully saturated rings. The van der Waals surface area contributed by atoms with Crippen molar-refractivity contribution in [2.24, 2.45) is 0 Å². The van der Waals surface area contributed by atoms with Gasteiger partial charge in [-0.05, 0) is 67.9 Å². The van der Waals surface area contributed by atoms with Crippen LogP contribution >= 0.6 is 11.8 Å². The van der Waals surface area contributed by atoms with Crippen LogP contribution in [0, 0.1) is 31.4 Å². The number of hydrogen-bond donors (Lipinski definition) is 1. The van der Waals surface area contributed by atoms with Gasteiger partial charge in [-0.2, -0.15) is 5.26 Å². The molecule has 29 heavy (non-hydrogen) atoms. The van der Waals surface area contributed by atoms with E-state index in [0.717, 1.165) is 33.3 Å². The molecule has 2 rings (SSSR count). The molecule has 2 aromatic rings. The molecule has 0 aromatic heterocycles. The van der Waals surface area contributed by atoms with Crippen molar-refractivity contribution in [2.75, 3.05) is 11.9 Å². The Morgan fingerprint density at radius 1 is 1.03 bits per heavy atom. The Morgan fingerprint density at radius 3 is 2.48 bits per heavy atom. The molecule has 0 aliphatic heterocycles. The van der Waals surface area contributed by atoms with E-state index in [1.807, 2.05) is 38.3 Å². The van der Waals surface area contributed by atoms with Crippen LogP contribution in [0.4, 0.5) is 5.69 Å². The van der Waals surface area contributed by atoms with Crippen molar-refractivity contribution in [3.63, 3.8) is 0 Å². The topological polar surface area (TPSA) is 96.3 Å². The van der Waals surface area contributed by atoms with E-state index in [1.165, 1.54) is 0 Å². The van der Waals surface area contributed by atoms with Crippen LogP contribution in [0.15, 0.2) is 41.3 Å². The van der Waals surface area contributed by atoms with Gasteiger partial charge in [-0.15, -0.1) is 0 Å². The molecular formula is C22H22N2O4S. The summed E-state index contributed by atoms with van der Waals surface area (Å²) in [5.41, 5.74) is 3.82. The van der Waals surface area contributed by atoms with Crippen LogP contribution in [0.5, 0.6) is 0 Å². The molecule has 0 aliphatic rings. The first-order valence-corrected chi connectivity index (χ1v) is 9.84. The van der Waals surface area contributed by atoms with Crippen molar-refractivity contribution < 1.29 is 19.1 Å². The molecule has 0 aliphatic carbocycles. The third kappa shape index (κ3) is 6.77. The van der Waals surface area contributed by atoms with Crippen molar-refractivity contribution in [1.29, 1.82) is 5.26 Å². The maximum Gasteiger partial charge on any atom is 0.306 e. The zero-order valence-electron chi connectivity index (χ0n) is 16.6. The highest BCUT2D eigenvalue weighted by Crippen LogP contribution is 2.23. The van der Waals surface area contributed by atoms with Crippen LogP contribution in [0.2, 0.25) is 0 Å². The number of nitriles is 1. The number of aryl methyl sites for hydroxylation is 3. The Labute approximate surface area is 174 Å². The van der Waals surface area contributed by atoms with Crippen LogP contribution < -0.4 is 5.32 Å². The quantitative estimate of drug-likeness (QED) is 0.301. The van der Waals surface area contributed by atoms with Gasteiger partial charge >= 0.3 is 5.97 Å². The Balaban J connectivity index is 1.80. The first-order valence-electron chi connectivity index (χ1n) is 9.02. The number of nitrogens with one attached hydrogen (secondary N) is 1. The summed E-state index contributed by atoms with van der Waals surface area (Å²) in [6.45, 7) is 5.14. The van der Waals surface area contributed by atoms with Crippen LogP contribution in [-0.2, 0) is 14.3 Å². The molecule has 150 valence electrons. The van der Waals surface area contributed by atoms with Gasteiger partial charge in [0.05, 0.1) is 6.42 Å². The number of carbonyl (C=O) groups excluding carboxylic acids is 3. The SMILES string of the molecule is Cc1ccc(C)c(C(=O)CCC(=O)OCC(=O)Nc2ccc(SC#N)cc2C)c1. The maximum absolute atomic E-state index is 12.3. The second-order valence-electron chi connectivity index (χ2n) is 6.62. The Hall–Kier alpha value is -3.11. The van der Waals surface area contributed by atoms with Gasteiger partial charge in [0.15, 0.2) is 12.4 Å². The summed E-state index contributed by atoms with van der Waals surface area (Å²) >= 11 is 1.03. The maximum atomic E-state index is 12.3. The lowest BCUT2D eigenvalue weighted by Gasteiger charge is -2.10. The Kier molecular flexibility index (Phi) is 7.98. The number of anilines is 1. The Bertz CT molecular complexity index is 979. The van der Waals surface area contributed by atoms with Gasteiger partial charge < -0.3 is 10.1 Å². The molecule has 0 heterocycles. The molecule has 0 saturated carbocycles. The molecule has 0 bridgehead atoms. The van der Waals surface area contributed by atoms with E-state index in [2.05, 4.69) is 5.32 Å². The van der Waals surface area contributed by atoms with E-state index in [1.54, 1.807) is 24.3 Å². The first kappa shape index (κ1) is 22.2. The first-order chi connectivity index (χ1) is 13.8. The molecule has 0 saturated heterocycles. The fourth-order valence-electron chi connectivity index (χ4n) is 2.68. The highest BCUT2D eigenvalue weighted by molar-refractivity contribution is 8.03. The van der Waals surface area contributed by atoms with Crippen molar-refractivity contribution in [3.8, 4) is 5.40 Å². The molecule has 6 nitrogen and oxygen atoms in total. The normalized spacial score (nSPS) is 10.1. The third-order valence-corrected chi connectivity index (χ3v) is 4.83. The van der Waals surface area contributed by atoms with Crippen LogP contribution in [0.1, 0.15) is 39.9 Å². The predicted octanol–water partition coefficient (Wildman–Crippen LogP) is 4.33. The second kappa shape index (κ2) is 10.4. The molecule has 2 aromatic carbocycles. The largest absolute Gasteiger partial charge is 0.456 e. The number of esters is 1. The number of benzene rings is 2. The fraction of sp³-hybridized carbons (Fsp3) is 0.273.